The molecule has 7 heteroatoms. The summed E-state index contributed by atoms with van der Waals surface area (Å²) >= 11 is 0. The van der Waals surface area contributed by atoms with Gasteiger partial charge in [-0.05, 0) is 42.8 Å². The van der Waals surface area contributed by atoms with Gasteiger partial charge in [-0.2, -0.15) is 0 Å². The number of carbonyl (C=O) groups is 1. The van der Waals surface area contributed by atoms with Crippen molar-refractivity contribution in [3.05, 3.63) is 74.3 Å². The van der Waals surface area contributed by atoms with E-state index in [2.05, 4.69) is 40.0 Å². The van der Waals surface area contributed by atoms with Crippen LogP contribution in [0.1, 0.15) is 15.9 Å². The second-order valence-corrected chi connectivity index (χ2v) is 6.79. The predicted octanol–water partition coefficient (Wildman–Crippen LogP) is 1.49. The topological polar surface area (TPSA) is 89.3 Å². The fourth-order valence-electron chi connectivity index (χ4n) is 3.42. The number of hydrogen-bond donors (Lipinski definition) is 2. The number of H-pyrrole nitrogens is 2. The van der Waals surface area contributed by atoms with Gasteiger partial charge in [-0.1, -0.05) is 12.1 Å². The van der Waals surface area contributed by atoms with Crippen LogP contribution >= 0.6 is 0 Å². The first-order chi connectivity index (χ1) is 13.0. The van der Waals surface area contributed by atoms with Crippen LogP contribution in [0.5, 0.6) is 0 Å². The normalized spacial score (nSPS) is 14.6. The van der Waals surface area contributed by atoms with Crippen LogP contribution in [0.25, 0.3) is 11.0 Å². The molecule has 1 aliphatic rings. The lowest BCUT2D eigenvalue weighted by atomic mass is 10.1. The number of anilines is 1. The van der Waals surface area contributed by atoms with Crippen molar-refractivity contribution in [3.63, 3.8) is 0 Å². The zero-order valence-corrected chi connectivity index (χ0v) is 15.0. The Hall–Kier alpha value is -3.35. The summed E-state index contributed by atoms with van der Waals surface area (Å²) in [5.41, 5.74) is 2.41. The van der Waals surface area contributed by atoms with Gasteiger partial charge < -0.3 is 19.8 Å². The van der Waals surface area contributed by atoms with Crippen LogP contribution in [-0.4, -0.2) is 47.0 Å². The minimum absolute atomic E-state index is 0.0761. The van der Waals surface area contributed by atoms with Crippen LogP contribution in [0.2, 0.25) is 0 Å². The zero-order chi connectivity index (χ0) is 19.0. The standard InChI is InChI=1S/C20H20N4O3/c1-13-3-2-4-15(11-13)23-7-9-24(10-8-23)20(27)14-5-6-16-17(12-14)22-19(26)18(25)21-16/h2-6,11-12H,7-10H2,1H3,(H,21,25)(H,22,26). The van der Waals surface area contributed by atoms with E-state index in [0.717, 1.165) is 13.1 Å². The van der Waals surface area contributed by atoms with Crippen LogP contribution in [0.4, 0.5) is 5.69 Å². The quantitative estimate of drug-likeness (QED) is 0.674. The second-order valence-electron chi connectivity index (χ2n) is 6.79. The average Bonchev–Trinajstić information content (AvgIpc) is 2.68. The molecule has 0 aliphatic carbocycles. The van der Waals surface area contributed by atoms with Gasteiger partial charge >= 0.3 is 11.1 Å². The van der Waals surface area contributed by atoms with Gasteiger partial charge in [-0.15, -0.1) is 0 Å². The highest BCUT2D eigenvalue weighted by Gasteiger charge is 2.22. The summed E-state index contributed by atoms with van der Waals surface area (Å²) in [5, 5.41) is 0. The van der Waals surface area contributed by atoms with Gasteiger partial charge in [0.05, 0.1) is 11.0 Å². The number of nitrogens with one attached hydrogen (secondary N) is 2. The Morgan fingerprint density at radius 1 is 0.889 bits per heavy atom. The van der Waals surface area contributed by atoms with Gasteiger partial charge in [0.2, 0.25) is 0 Å². The van der Waals surface area contributed by atoms with E-state index in [1.807, 2.05) is 11.0 Å². The van der Waals surface area contributed by atoms with Crippen LogP contribution in [0.3, 0.4) is 0 Å². The summed E-state index contributed by atoms with van der Waals surface area (Å²) < 4.78 is 0. The molecule has 1 aromatic heterocycles. The van der Waals surface area contributed by atoms with E-state index in [9.17, 15) is 14.4 Å². The van der Waals surface area contributed by atoms with Crippen molar-refractivity contribution < 1.29 is 4.79 Å². The molecule has 3 aromatic rings. The molecule has 1 aliphatic heterocycles. The number of aromatic nitrogens is 2. The fourth-order valence-corrected chi connectivity index (χ4v) is 3.42. The molecule has 0 atom stereocenters. The third-order valence-electron chi connectivity index (χ3n) is 4.90. The zero-order valence-electron chi connectivity index (χ0n) is 15.0. The van der Waals surface area contributed by atoms with E-state index in [1.165, 1.54) is 11.3 Å². The molecule has 1 fully saturated rings. The molecule has 0 unspecified atom stereocenters. The summed E-state index contributed by atoms with van der Waals surface area (Å²) in [6.45, 7) is 4.88. The molecular formula is C20H20N4O3. The number of piperazine rings is 1. The minimum Gasteiger partial charge on any atom is -0.368 e. The van der Waals surface area contributed by atoms with Gasteiger partial charge in [0, 0.05) is 37.4 Å². The Labute approximate surface area is 155 Å². The minimum atomic E-state index is -0.723. The Morgan fingerprint density at radius 2 is 1.59 bits per heavy atom. The maximum Gasteiger partial charge on any atom is 0.314 e. The van der Waals surface area contributed by atoms with E-state index < -0.39 is 11.1 Å². The molecule has 1 saturated heterocycles. The van der Waals surface area contributed by atoms with Crippen molar-refractivity contribution in [3.8, 4) is 0 Å². The fraction of sp³-hybridized carbons (Fsp3) is 0.250. The van der Waals surface area contributed by atoms with Crippen LogP contribution < -0.4 is 16.0 Å². The Bertz CT molecular complexity index is 1120. The SMILES string of the molecule is Cc1cccc(N2CCN(C(=O)c3ccc4[nH]c(=O)c(=O)[nH]c4c3)CC2)c1. The second kappa shape index (κ2) is 6.75. The molecule has 2 heterocycles. The van der Waals surface area contributed by atoms with E-state index >= 15 is 0 Å². The molecule has 0 radical (unpaired) electrons. The van der Waals surface area contributed by atoms with Crippen molar-refractivity contribution in [1.82, 2.24) is 14.9 Å². The van der Waals surface area contributed by atoms with Crippen LogP contribution in [0.15, 0.2) is 52.1 Å². The van der Waals surface area contributed by atoms with Crippen LogP contribution in [0, 0.1) is 6.92 Å². The number of amides is 1. The molecular weight excluding hydrogens is 344 g/mol. The van der Waals surface area contributed by atoms with E-state index in [0.29, 0.717) is 29.7 Å². The molecule has 27 heavy (non-hydrogen) atoms. The number of aryl methyl sites for hydroxylation is 1. The van der Waals surface area contributed by atoms with Crippen molar-refractivity contribution in [1.29, 1.82) is 0 Å². The van der Waals surface area contributed by atoms with Gasteiger partial charge in [-0.3, -0.25) is 14.4 Å². The molecule has 138 valence electrons. The molecule has 0 spiro atoms. The molecule has 0 saturated carbocycles. The van der Waals surface area contributed by atoms with Gasteiger partial charge in [0.25, 0.3) is 5.91 Å². The number of benzene rings is 2. The van der Waals surface area contributed by atoms with Gasteiger partial charge in [-0.25, -0.2) is 0 Å². The van der Waals surface area contributed by atoms with E-state index in [4.69, 9.17) is 0 Å². The number of rotatable bonds is 2. The molecule has 7 nitrogen and oxygen atoms in total. The average molecular weight is 364 g/mol. The maximum absolute atomic E-state index is 12.8. The lowest BCUT2D eigenvalue weighted by molar-refractivity contribution is 0.0747. The largest absolute Gasteiger partial charge is 0.368 e. The van der Waals surface area contributed by atoms with Crippen molar-refractivity contribution in [2.45, 2.75) is 6.92 Å². The van der Waals surface area contributed by atoms with Gasteiger partial charge in [0.15, 0.2) is 0 Å². The van der Waals surface area contributed by atoms with Crippen molar-refractivity contribution in [2.75, 3.05) is 31.1 Å². The monoisotopic (exact) mass is 364 g/mol. The van der Waals surface area contributed by atoms with E-state index in [-0.39, 0.29) is 5.91 Å². The lowest BCUT2D eigenvalue weighted by Crippen LogP contribution is -2.48. The summed E-state index contributed by atoms with van der Waals surface area (Å²) in [6.07, 6.45) is 0. The maximum atomic E-state index is 12.8. The number of fused-ring (bicyclic) bond motifs is 1. The highest BCUT2D eigenvalue weighted by molar-refractivity contribution is 5.97. The number of aromatic amines is 2. The Morgan fingerprint density at radius 3 is 2.30 bits per heavy atom. The highest BCUT2D eigenvalue weighted by Crippen LogP contribution is 2.19. The number of hydrogen-bond acceptors (Lipinski definition) is 4. The first-order valence-electron chi connectivity index (χ1n) is 8.88. The Balaban J connectivity index is 1.51. The number of nitrogens with zero attached hydrogens (tertiary/aromatic N) is 2. The first kappa shape index (κ1) is 17.1. The third-order valence-corrected chi connectivity index (χ3v) is 4.90. The highest BCUT2D eigenvalue weighted by atomic mass is 16.2. The van der Waals surface area contributed by atoms with Crippen LogP contribution in [-0.2, 0) is 0 Å². The van der Waals surface area contributed by atoms with E-state index in [1.54, 1.807) is 18.2 Å². The summed E-state index contributed by atoms with van der Waals surface area (Å²) in [7, 11) is 0. The Kier molecular flexibility index (Phi) is 4.27. The molecule has 1 amide bonds. The van der Waals surface area contributed by atoms with Crippen molar-refractivity contribution in [2.24, 2.45) is 0 Å². The summed E-state index contributed by atoms with van der Waals surface area (Å²) in [6, 6.07) is 13.3. The molecule has 4 rings (SSSR count). The van der Waals surface area contributed by atoms with Crippen molar-refractivity contribution >= 4 is 22.6 Å². The number of carbonyl (C=O) groups excluding carboxylic acids is 1. The van der Waals surface area contributed by atoms with Gasteiger partial charge in [0.1, 0.15) is 0 Å². The summed E-state index contributed by atoms with van der Waals surface area (Å²) in [4.78, 5) is 44.8. The molecule has 0 bridgehead atoms. The summed E-state index contributed by atoms with van der Waals surface area (Å²) in [5.74, 6) is -0.0761. The lowest BCUT2D eigenvalue weighted by Gasteiger charge is -2.36. The smallest absolute Gasteiger partial charge is 0.314 e. The molecule has 2 N–H and O–H groups in total. The third kappa shape index (κ3) is 3.36. The predicted molar refractivity (Wildman–Crippen MR) is 104 cm³/mol. The molecule has 2 aromatic carbocycles. The first-order valence-corrected chi connectivity index (χ1v) is 8.88.